The number of aryl methyl sites for hydroxylation is 1. The normalized spacial score (nSPS) is 9.94. The number of hydrogen-bond donors (Lipinski definition) is 0. The molecule has 2 rings (SSSR count). The lowest BCUT2D eigenvalue weighted by atomic mass is 10.1. The molecular formula is C13H13N3S. The van der Waals surface area contributed by atoms with Crippen LogP contribution in [0.5, 0.6) is 0 Å². The Morgan fingerprint density at radius 1 is 1.35 bits per heavy atom. The summed E-state index contributed by atoms with van der Waals surface area (Å²) < 4.78 is 0. The second-order valence-electron chi connectivity index (χ2n) is 3.92. The Morgan fingerprint density at radius 3 is 2.59 bits per heavy atom. The average Bonchev–Trinajstić information content (AvgIpc) is 2.77. The van der Waals surface area contributed by atoms with Gasteiger partial charge in [-0.2, -0.15) is 5.26 Å². The van der Waals surface area contributed by atoms with Crippen LogP contribution in [0.25, 0.3) is 0 Å². The first-order chi connectivity index (χ1) is 8.19. The van der Waals surface area contributed by atoms with Crippen molar-refractivity contribution in [3.63, 3.8) is 0 Å². The lowest BCUT2D eigenvalue weighted by molar-refractivity contribution is 0.914. The van der Waals surface area contributed by atoms with Crippen molar-refractivity contribution in [1.29, 1.82) is 5.26 Å². The van der Waals surface area contributed by atoms with Gasteiger partial charge in [-0.1, -0.05) is 12.1 Å². The van der Waals surface area contributed by atoms with Gasteiger partial charge in [0.15, 0.2) is 5.13 Å². The fourth-order valence-corrected chi connectivity index (χ4v) is 2.26. The molecule has 0 atom stereocenters. The van der Waals surface area contributed by atoms with Gasteiger partial charge in [-0.25, -0.2) is 4.98 Å². The lowest BCUT2D eigenvalue weighted by Gasteiger charge is -2.15. The van der Waals surface area contributed by atoms with Gasteiger partial charge in [0.05, 0.1) is 11.6 Å². The molecule has 86 valence electrons. The zero-order valence-electron chi connectivity index (χ0n) is 9.84. The number of benzene rings is 1. The van der Waals surface area contributed by atoms with Crippen LogP contribution in [-0.4, -0.2) is 12.0 Å². The van der Waals surface area contributed by atoms with E-state index in [0.717, 1.165) is 11.7 Å². The first-order valence-electron chi connectivity index (χ1n) is 5.31. The molecule has 0 amide bonds. The molecule has 4 heteroatoms. The number of nitriles is 1. The zero-order chi connectivity index (χ0) is 12.3. The van der Waals surface area contributed by atoms with Gasteiger partial charge in [-0.05, 0) is 24.6 Å². The number of rotatable bonds is 3. The van der Waals surface area contributed by atoms with Gasteiger partial charge < -0.3 is 4.90 Å². The van der Waals surface area contributed by atoms with Gasteiger partial charge >= 0.3 is 0 Å². The van der Waals surface area contributed by atoms with E-state index in [0.29, 0.717) is 5.56 Å². The van der Waals surface area contributed by atoms with Crippen molar-refractivity contribution in [1.82, 2.24) is 4.98 Å². The summed E-state index contributed by atoms with van der Waals surface area (Å²) in [5, 5.41) is 9.74. The minimum absolute atomic E-state index is 0.696. The maximum Gasteiger partial charge on any atom is 0.185 e. The van der Waals surface area contributed by atoms with Gasteiger partial charge in [0, 0.05) is 24.7 Å². The molecular weight excluding hydrogens is 230 g/mol. The maximum atomic E-state index is 8.72. The molecule has 0 aliphatic heterocycles. The number of hydrogen-bond acceptors (Lipinski definition) is 4. The highest BCUT2D eigenvalue weighted by Gasteiger charge is 2.05. The molecule has 0 saturated heterocycles. The molecule has 0 radical (unpaired) electrons. The Labute approximate surface area is 105 Å². The van der Waals surface area contributed by atoms with E-state index in [1.165, 1.54) is 10.4 Å². The van der Waals surface area contributed by atoms with Crippen LogP contribution in [0.4, 0.5) is 5.13 Å². The Morgan fingerprint density at radius 2 is 2.06 bits per heavy atom. The molecule has 3 nitrogen and oxygen atoms in total. The Kier molecular flexibility index (Phi) is 3.40. The van der Waals surface area contributed by atoms with Crippen molar-refractivity contribution < 1.29 is 0 Å². The molecule has 1 heterocycles. The van der Waals surface area contributed by atoms with Crippen molar-refractivity contribution in [3.8, 4) is 6.07 Å². The topological polar surface area (TPSA) is 39.9 Å². The fourth-order valence-electron chi connectivity index (χ4n) is 1.55. The molecule has 0 bridgehead atoms. The van der Waals surface area contributed by atoms with Crippen molar-refractivity contribution >= 4 is 16.5 Å². The molecule has 0 spiro atoms. The molecule has 0 unspecified atom stereocenters. The number of thiazole rings is 1. The third kappa shape index (κ3) is 2.83. The van der Waals surface area contributed by atoms with Crippen LogP contribution in [0.3, 0.4) is 0 Å². The van der Waals surface area contributed by atoms with Crippen molar-refractivity contribution in [2.24, 2.45) is 0 Å². The van der Waals surface area contributed by atoms with Gasteiger partial charge in [0.2, 0.25) is 0 Å². The third-order valence-corrected chi connectivity index (χ3v) is 3.47. The molecule has 1 aromatic heterocycles. The molecule has 0 aliphatic carbocycles. The van der Waals surface area contributed by atoms with E-state index in [9.17, 15) is 0 Å². The van der Waals surface area contributed by atoms with Crippen molar-refractivity contribution in [2.75, 3.05) is 11.9 Å². The predicted molar refractivity (Wildman–Crippen MR) is 70.1 cm³/mol. The standard InChI is InChI=1S/C13H13N3S/c1-10-8-15-13(17-10)16(2)9-12-5-3-11(7-14)4-6-12/h3-6,8H,9H2,1-2H3. The summed E-state index contributed by atoms with van der Waals surface area (Å²) in [6, 6.07) is 9.77. The highest BCUT2D eigenvalue weighted by molar-refractivity contribution is 7.15. The van der Waals surface area contributed by atoms with Gasteiger partial charge in [-0.15, -0.1) is 11.3 Å². The summed E-state index contributed by atoms with van der Waals surface area (Å²) in [6.07, 6.45) is 1.88. The summed E-state index contributed by atoms with van der Waals surface area (Å²) >= 11 is 1.69. The van der Waals surface area contributed by atoms with E-state index in [1.54, 1.807) is 11.3 Å². The average molecular weight is 243 g/mol. The molecule has 0 saturated carbocycles. The molecule has 0 fully saturated rings. The van der Waals surface area contributed by atoms with Crippen LogP contribution in [-0.2, 0) is 6.54 Å². The highest BCUT2D eigenvalue weighted by atomic mass is 32.1. The predicted octanol–water partition coefficient (Wildman–Crippen LogP) is 2.96. The lowest BCUT2D eigenvalue weighted by Crippen LogP contribution is -2.15. The van der Waals surface area contributed by atoms with E-state index in [2.05, 4.69) is 22.9 Å². The van der Waals surface area contributed by atoms with E-state index in [-0.39, 0.29) is 0 Å². The summed E-state index contributed by atoms with van der Waals surface area (Å²) in [7, 11) is 2.02. The summed E-state index contributed by atoms with van der Waals surface area (Å²) in [4.78, 5) is 7.66. The maximum absolute atomic E-state index is 8.72. The van der Waals surface area contributed by atoms with Crippen LogP contribution in [0, 0.1) is 18.3 Å². The van der Waals surface area contributed by atoms with Crippen molar-refractivity contribution in [2.45, 2.75) is 13.5 Å². The monoisotopic (exact) mass is 243 g/mol. The Bertz CT molecular complexity index is 537. The van der Waals surface area contributed by atoms with Crippen LogP contribution in [0.15, 0.2) is 30.5 Å². The molecule has 2 aromatic rings. The molecule has 17 heavy (non-hydrogen) atoms. The van der Waals surface area contributed by atoms with E-state index in [4.69, 9.17) is 5.26 Å². The van der Waals surface area contributed by atoms with Crippen LogP contribution >= 0.6 is 11.3 Å². The minimum atomic E-state index is 0.696. The first kappa shape index (κ1) is 11.6. The third-order valence-electron chi connectivity index (χ3n) is 2.44. The van der Waals surface area contributed by atoms with Gasteiger partial charge in [0.25, 0.3) is 0 Å². The smallest absolute Gasteiger partial charge is 0.185 e. The van der Waals surface area contributed by atoms with Crippen LogP contribution < -0.4 is 4.90 Å². The second-order valence-corrected chi connectivity index (χ2v) is 5.13. The summed E-state index contributed by atoms with van der Waals surface area (Å²) in [6.45, 7) is 2.86. The second kappa shape index (κ2) is 4.98. The largest absolute Gasteiger partial charge is 0.347 e. The molecule has 1 aromatic carbocycles. The Balaban J connectivity index is 2.08. The minimum Gasteiger partial charge on any atom is -0.347 e. The van der Waals surface area contributed by atoms with Crippen molar-refractivity contribution in [3.05, 3.63) is 46.5 Å². The van der Waals surface area contributed by atoms with Gasteiger partial charge in [0.1, 0.15) is 0 Å². The zero-order valence-corrected chi connectivity index (χ0v) is 10.7. The van der Waals surface area contributed by atoms with Gasteiger partial charge in [-0.3, -0.25) is 0 Å². The fraction of sp³-hybridized carbons (Fsp3) is 0.231. The van der Waals surface area contributed by atoms with E-state index >= 15 is 0 Å². The molecule has 0 N–H and O–H groups in total. The number of nitrogens with zero attached hydrogens (tertiary/aromatic N) is 3. The SMILES string of the molecule is Cc1cnc(N(C)Cc2ccc(C#N)cc2)s1. The summed E-state index contributed by atoms with van der Waals surface area (Å²) in [5.41, 5.74) is 1.88. The Hall–Kier alpha value is -1.86. The summed E-state index contributed by atoms with van der Waals surface area (Å²) in [5.74, 6) is 0. The number of anilines is 1. The van der Waals surface area contributed by atoms with E-state index in [1.807, 2.05) is 37.5 Å². The highest BCUT2D eigenvalue weighted by Crippen LogP contribution is 2.21. The molecule has 0 aliphatic rings. The van der Waals surface area contributed by atoms with Crippen LogP contribution in [0.2, 0.25) is 0 Å². The van der Waals surface area contributed by atoms with E-state index < -0.39 is 0 Å². The quantitative estimate of drug-likeness (QED) is 0.832. The first-order valence-corrected chi connectivity index (χ1v) is 6.13. The van der Waals surface area contributed by atoms with Crippen LogP contribution in [0.1, 0.15) is 16.0 Å². The number of aromatic nitrogens is 1.